The van der Waals surface area contributed by atoms with Crippen LogP contribution in [-0.2, 0) is 0 Å². The number of aromatic nitrogens is 1. The van der Waals surface area contributed by atoms with Crippen LogP contribution in [0.3, 0.4) is 0 Å². The average Bonchev–Trinajstić information content (AvgIpc) is 2.78. The molecule has 0 fully saturated rings. The van der Waals surface area contributed by atoms with Crippen molar-refractivity contribution < 1.29 is 4.39 Å². The van der Waals surface area contributed by atoms with Crippen molar-refractivity contribution in [3.05, 3.63) is 45.8 Å². The molecule has 2 aromatic carbocycles. The maximum absolute atomic E-state index is 13.6. The van der Waals surface area contributed by atoms with Gasteiger partial charge >= 0.3 is 0 Å². The van der Waals surface area contributed by atoms with Gasteiger partial charge < -0.3 is 5.73 Å². The van der Waals surface area contributed by atoms with Crippen LogP contribution < -0.4 is 5.73 Å². The molecule has 0 radical (unpaired) electrons. The van der Waals surface area contributed by atoms with E-state index in [1.54, 1.807) is 6.07 Å². The monoisotopic (exact) mass is 370 g/mol. The maximum atomic E-state index is 13.6. The molecule has 0 aliphatic carbocycles. The highest BCUT2D eigenvalue weighted by Gasteiger charge is 2.10. The number of halogens is 2. The van der Waals surface area contributed by atoms with E-state index in [4.69, 9.17) is 5.73 Å². The normalized spacial score (nSPS) is 11.0. The lowest BCUT2D eigenvalue weighted by Crippen LogP contribution is -1.89. The Morgan fingerprint density at radius 2 is 2.06 bits per heavy atom. The lowest BCUT2D eigenvalue weighted by atomic mass is 10.2. The molecule has 0 spiro atoms. The molecular formula is C13H8FIN2S. The minimum Gasteiger partial charge on any atom is -0.398 e. The molecule has 2 nitrogen and oxygen atoms in total. The highest BCUT2D eigenvalue weighted by atomic mass is 127. The third-order valence-electron chi connectivity index (χ3n) is 2.62. The van der Waals surface area contributed by atoms with Crippen LogP contribution in [0.25, 0.3) is 20.8 Å². The molecule has 1 aromatic heterocycles. The molecule has 0 saturated carbocycles. The van der Waals surface area contributed by atoms with Gasteiger partial charge in [-0.3, -0.25) is 0 Å². The van der Waals surface area contributed by atoms with Crippen LogP contribution >= 0.6 is 33.9 Å². The fourth-order valence-electron chi connectivity index (χ4n) is 1.70. The number of anilines is 1. The molecule has 2 N–H and O–H groups in total. The van der Waals surface area contributed by atoms with Gasteiger partial charge in [0, 0.05) is 14.8 Å². The smallest absolute Gasteiger partial charge is 0.150 e. The molecule has 18 heavy (non-hydrogen) atoms. The molecule has 0 atom stereocenters. The summed E-state index contributed by atoms with van der Waals surface area (Å²) in [5.41, 5.74) is 7.93. The van der Waals surface area contributed by atoms with Crippen LogP contribution in [0, 0.1) is 9.39 Å². The maximum Gasteiger partial charge on any atom is 0.150 e. The minimum atomic E-state index is -0.278. The second-order valence-electron chi connectivity index (χ2n) is 3.84. The lowest BCUT2D eigenvalue weighted by Gasteiger charge is -2.00. The Morgan fingerprint density at radius 1 is 1.22 bits per heavy atom. The van der Waals surface area contributed by atoms with Gasteiger partial charge in [-0.1, -0.05) is 6.07 Å². The molecule has 3 aromatic rings. The summed E-state index contributed by atoms with van der Waals surface area (Å²) < 4.78 is 15.4. The van der Waals surface area contributed by atoms with Crippen molar-refractivity contribution in [1.29, 1.82) is 0 Å². The molecule has 0 saturated heterocycles. The van der Waals surface area contributed by atoms with Crippen LogP contribution in [0.4, 0.5) is 10.1 Å². The Hall–Kier alpha value is -1.21. The Morgan fingerprint density at radius 3 is 2.78 bits per heavy atom. The molecule has 0 bridgehead atoms. The van der Waals surface area contributed by atoms with E-state index in [0.717, 1.165) is 24.5 Å². The summed E-state index contributed by atoms with van der Waals surface area (Å²) in [6, 6.07) is 10.7. The second kappa shape index (κ2) is 4.47. The van der Waals surface area contributed by atoms with E-state index < -0.39 is 0 Å². The minimum absolute atomic E-state index is 0.278. The zero-order chi connectivity index (χ0) is 12.7. The standard InChI is InChI=1S/C13H8FIN2S/c14-8-2-1-3-11-12(8)17-13(18-11)7-4-5-10(16)9(15)6-7/h1-6H,16H2. The molecule has 0 aliphatic heterocycles. The summed E-state index contributed by atoms with van der Waals surface area (Å²) in [6.07, 6.45) is 0. The summed E-state index contributed by atoms with van der Waals surface area (Å²) in [5, 5.41) is 0.813. The Labute approximate surface area is 121 Å². The first-order valence-corrected chi connectivity index (χ1v) is 7.15. The van der Waals surface area contributed by atoms with Crippen molar-refractivity contribution in [2.45, 2.75) is 0 Å². The summed E-state index contributed by atoms with van der Waals surface area (Å²) in [7, 11) is 0. The molecule has 90 valence electrons. The SMILES string of the molecule is Nc1ccc(-c2nc3c(F)cccc3s2)cc1I. The first-order chi connectivity index (χ1) is 8.65. The van der Waals surface area contributed by atoms with Crippen molar-refractivity contribution in [2.24, 2.45) is 0 Å². The Bertz CT molecular complexity index is 739. The highest BCUT2D eigenvalue weighted by Crippen LogP contribution is 2.32. The van der Waals surface area contributed by atoms with Gasteiger partial charge in [0.1, 0.15) is 16.3 Å². The van der Waals surface area contributed by atoms with E-state index in [-0.39, 0.29) is 5.82 Å². The van der Waals surface area contributed by atoms with E-state index in [1.165, 1.54) is 17.4 Å². The second-order valence-corrected chi connectivity index (χ2v) is 6.03. The van der Waals surface area contributed by atoms with Gasteiger partial charge in [0.2, 0.25) is 0 Å². The number of benzene rings is 2. The number of hydrogen-bond acceptors (Lipinski definition) is 3. The predicted molar refractivity (Wildman–Crippen MR) is 82.1 cm³/mol. The predicted octanol–water partition coefficient (Wildman–Crippen LogP) is 4.29. The van der Waals surface area contributed by atoms with Gasteiger partial charge in [0.25, 0.3) is 0 Å². The largest absolute Gasteiger partial charge is 0.398 e. The van der Waals surface area contributed by atoms with E-state index in [2.05, 4.69) is 27.6 Å². The fraction of sp³-hybridized carbons (Fsp3) is 0. The Kier molecular flexibility index (Phi) is 2.95. The van der Waals surface area contributed by atoms with Crippen LogP contribution in [0.5, 0.6) is 0 Å². The van der Waals surface area contributed by atoms with Gasteiger partial charge in [0.05, 0.1) is 4.70 Å². The number of nitrogens with zero attached hydrogens (tertiary/aromatic N) is 1. The van der Waals surface area contributed by atoms with Crippen molar-refractivity contribution in [1.82, 2.24) is 4.98 Å². The van der Waals surface area contributed by atoms with Crippen molar-refractivity contribution in [3.63, 3.8) is 0 Å². The summed E-state index contributed by atoms with van der Waals surface area (Å²) in [5.74, 6) is -0.278. The fourth-order valence-corrected chi connectivity index (χ4v) is 3.19. The van der Waals surface area contributed by atoms with Crippen LogP contribution in [0.1, 0.15) is 0 Å². The molecule has 3 rings (SSSR count). The third-order valence-corrected chi connectivity index (χ3v) is 4.62. The van der Waals surface area contributed by atoms with Gasteiger partial charge in [-0.05, 0) is 52.9 Å². The lowest BCUT2D eigenvalue weighted by molar-refractivity contribution is 0.637. The van der Waals surface area contributed by atoms with Gasteiger partial charge in [0.15, 0.2) is 0 Å². The van der Waals surface area contributed by atoms with E-state index >= 15 is 0 Å². The molecule has 0 amide bonds. The van der Waals surface area contributed by atoms with Crippen LogP contribution in [0.2, 0.25) is 0 Å². The van der Waals surface area contributed by atoms with E-state index in [9.17, 15) is 4.39 Å². The number of nitrogen functional groups attached to an aromatic ring is 1. The van der Waals surface area contributed by atoms with E-state index in [1.807, 2.05) is 24.3 Å². The quantitative estimate of drug-likeness (QED) is 0.513. The van der Waals surface area contributed by atoms with Crippen LogP contribution in [-0.4, -0.2) is 4.98 Å². The first kappa shape index (κ1) is 11.9. The third kappa shape index (κ3) is 1.97. The molecule has 1 heterocycles. The number of fused-ring (bicyclic) bond motifs is 1. The summed E-state index contributed by atoms with van der Waals surface area (Å²) >= 11 is 3.66. The van der Waals surface area contributed by atoms with Crippen molar-refractivity contribution in [3.8, 4) is 10.6 Å². The average molecular weight is 370 g/mol. The highest BCUT2D eigenvalue weighted by molar-refractivity contribution is 14.1. The Balaban J connectivity index is 2.19. The summed E-state index contributed by atoms with van der Waals surface area (Å²) in [4.78, 5) is 4.35. The number of nitrogens with two attached hydrogens (primary N) is 1. The topological polar surface area (TPSA) is 38.9 Å². The van der Waals surface area contributed by atoms with E-state index in [0.29, 0.717) is 5.52 Å². The molecule has 0 unspecified atom stereocenters. The molecular weight excluding hydrogens is 362 g/mol. The van der Waals surface area contributed by atoms with Gasteiger partial charge in [-0.2, -0.15) is 0 Å². The van der Waals surface area contributed by atoms with Crippen LogP contribution in [0.15, 0.2) is 36.4 Å². The first-order valence-electron chi connectivity index (χ1n) is 5.25. The zero-order valence-electron chi connectivity index (χ0n) is 9.15. The number of thiazole rings is 1. The molecule has 0 aliphatic rings. The number of hydrogen-bond donors (Lipinski definition) is 1. The number of para-hydroxylation sites is 1. The summed E-state index contributed by atoms with van der Waals surface area (Å²) in [6.45, 7) is 0. The van der Waals surface area contributed by atoms with Gasteiger partial charge in [-0.15, -0.1) is 11.3 Å². The number of rotatable bonds is 1. The van der Waals surface area contributed by atoms with Gasteiger partial charge in [-0.25, -0.2) is 9.37 Å². The molecule has 5 heteroatoms. The zero-order valence-corrected chi connectivity index (χ0v) is 12.1. The van der Waals surface area contributed by atoms with Crippen molar-refractivity contribution in [2.75, 3.05) is 5.73 Å². The van der Waals surface area contributed by atoms with Crippen molar-refractivity contribution >= 4 is 49.8 Å².